The predicted molar refractivity (Wildman–Crippen MR) is 87.1 cm³/mol. The lowest BCUT2D eigenvalue weighted by atomic mass is 10.1. The summed E-state index contributed by atoms with van der Waals surface area (Å²) in [5.74, 6) is 1.59. The molecule has 0 atom stereocenters. The summed E-state index contributed by atoms with van der Waals surface area (Å²) in [6, 6.07) is 11.7. The number of nitriles is 1. The van der Waals surface area contributed by atoms with Crippen LogP contribution in [0.4, 0.5) is 0 Å². The molecule has 6 heteroatoms. The van der Waals surface area contributed by atoms with Crippen LogP contribution in [0.3, 0.4) is 0 Å². The first-order valence-corrected chi connectivity index (χ1v) is 7.09. The monoisotopic (exact) mass is 327 g/mol. The normalized spacial score (nSPS) is 9.75. The predicted octanol–water partition coefficient (Wildman–Crippen LogP) is 2.85. The zero-order valence-electron chi connectivity index (χ0n) is 13.7. The summed E-state index contributed by atoms with van der Waals surface area (Å²) in [5, 5.41) is 8.88. The largest absolute Gasteiger partial charge is 0.493 e. The molecule has 0 saturated carbocycles. The first-order chi connectivity index (χ1) is 11.6. The lowest BCUT2D eigenvalue weighted by Crippen LogP contribution is -2.12. The van der Waals surface area contributed by atoms with Gasteiger partial charge in [0.15, 0.2) is 35.4 Å². The highest BCUT2D eigenvalue weighted by molar-refractivity contribution is 5.97. The van der Waals surface area contributed by atoms with E-state index in [0.717, 1.165) is 0 Å². The summed E-state index contributed by atoms with van der Waals surface area (Å²) in [4.78, 5) is 12.3. The van der Waals surface area contributed by atoms with E-state index in [4.69, 9.17) is 24.2 Å². The third kappa shape index (κ3) is 3.76. The van der Waals surface area contributed by atoms with Gasteiger partial charge in [-0.25, -0.2) is 0 Å². The van der Waals surface area contributed by atoms with Gasteiger partial charge in [-0.3, -0.25) is 4.79 Å². The average molecular weight is 327 g/mol. The second-order valence-electron chi connectivity index (χ2n) is 4.76. The van der Waals surface area contributed by atoms with Crippen molar-refractivity contribution in [2.24, 2.45) is 0 Å². The van der Waals surface area contributed by atoms with E-state index < -0.39 is 0 Å². The molecule has 0 fully saturated rings. The maximum atomic E-state index is 12.3. The fraction of sp³-hybridized carbons (Fsp3) is 0.222. The molecule has 0 radical (unpaired) electrons. The van der Waals surface area contributed by atoms with Gasteiger partial charge in [-0.2, -0.15) is 5.26 Å². The smallest absolute Gasteiger partial charge is 0.200 e. The average Bonchev–Trinajstić information content (AvgIpc) is 2.65. The first-order valence-electron chi connectivity index (χ1n) is 7.09. The van der Waals surface area contributed by atoms with Crippen LogP contribution in [0.2, 0.25) is 0 Å². The van der Waals surface area contributed by atoms with E-state index >= 15 is 0 Å². The highest BCUT2D eigenvalue weighted by Gasteiger charge is 2.13. The third-order valence-corrected chi connectivity index (χ3v) is 3.36. The Balaban J connectivity index is 2.12. The minimum absolute atomic E-state index is 0.169. The van der Waals surface area contributed by atoms with Crippen molar-refractivity contribution < 1.29 is 23.7 Å². The Hall–Kier alpha value is -3.20. The Labute approximate surface area is 140 Å². The zero-order valence-corrected chi connectivity index (χ0v) is 13.7. The Bertz CT molecular complexity index is 779. The fourth-order valence-corrected chi connectivity index (χ4v) is 2.09. The van der Waals surface area contributed by atoms with Crippen LogP contribution in [-0.4, -0.2) is 33.7 Å². The molecule has 2 aromatic carbocycles. The number of ketones is 1. The van der Waals surface area contributed by atoms with Crippen LogP contribution in [0, 0.1) is 11.3 Å². The minimum Gasteiger partial charge on any atom is -0.493 e. The quantitative estimate of drug-likeness (QED) is 0.728. The van der Waals surface area contributed by atoms with Gasteiger partial charge in [0.2, 0.25) is 0 Å². The molecule has 2 rings (SSSR count). The maximum Gasteiger partial charge on any atom is 0.200 e. The maximum absolute atomic E-state index is 12.3. The lowest BCUT2D eigenvalue weighted by Gasteiger charge is -2.11. The number of rotatable bonds is 7. The van der Waals surface area contributed by atoms with E-state index in [1.54, 1.807) is 36.4 Å². The molecule has 0 amide bonds. The van der Waals surface area contributed by atoms with E-state index in [1.165, 1.54) is 21.3 Å². The van der Waals surface area contributed by atoms with Crippen molar-refractivity contribution in [3.8, 4) is 29.1 Å². The Morgan fingerprint density at radius 1 is 0.917 bits per heavy atom. The summed E-state index contributed by atoms with van der Waals surface area (Å²) >= 11 is 0. The molecular weight excluding hydrogens is 310 g/mol. The van der Waals surface area contributed by atoms with E-state index in [1.807, 2.05) is 6.07 Å². The van der Waals surface area contributed by atoms with Crippen LogP contribution in [0.25, 0.3) is 0 Å². The molecule has 0 aliphatic heterocycles. The Kier molecular flexibility index (Phi) is 5.63. The van der Waals surface area contributed by atoms with E-state index in [-0.39, 0.29) is 12.4 Å². The van der Waals surface area contributed by atoms with Crippen molar-refractivity contribution in [2.75, 3.05) is 27.9 Å². The van der Waals surface area contributed by atoms with Crippen molar-refractivity contribution in [1.82, 2.24) is 0 Å². The van der Waals surface area contributed by atoms with E-state index in [0.29, 0.717) is 34.1 Å². The molecule has 6 nitrogen and oxygen atoms in total. The molecule has 0 saturated heterocycles. The molecule has 124 valence electrons. The van der Waals surface area contributed by atoms with Gasteiger partial charge in [0.25, 0.3) is 0 Å². The fourth-order valence-electron chi connectivity index (χ4n) is 2.09. The Morgan fingerprint density at radius 3 is 2.17 bits per heavy atom. The number of benzene rings is 2. The van der Waals surface area contributed by atoms with Crippen LogP contribution >= 0.6 is 0 Å². The summed E-state index contributed by atoms with van der Waals surface area (Å²) < 4.78 is 21.0. The van der Waals surface area contributed by atoms with Gasteiger partial charge >= 0.3 is 0 Å². The summed E-state index contributed by atoms with van der Waals surface area (Å²) in [6.45, 7) is -0.169. The van der Waals surface area contributed by atoms with E-state index in [2.05, 4.69) is 0 Å². The van der Waals surface area contributed by atoms with Gasteiger partial charge in [-0.1, -0.05) is 0 Å². The van der Waals surface area contributed by atoms with Gasteiger partial charge < -0.3 is 18.9 Å². The number of ether oxygens (including phenoxy) is 4. The van der Waals surface area contributed by atoms with Gasteiger partial charge in [0, 0.05) is 11.6 Å². The van der Waals surface area contributed by atoms with Crippen LogP contribution < -0.4 is 18.9 Å². The zero-order chi connectivity index (χ0) is 17.5. The Morgan fingerprint density at radius 2 is 1.54 bits per heavy atom. The summed E-state index contributed by atoms with van der Waals surface area (Å²) in [7, 11) is 4.50. The molecule has 0 aliphatic carbocycles. The van der Waals surface area contributed by atoms with Crippen molar-refractivity contribution in [1.29, 1.82) is 5.26 Å². The molecule has 0 heterocycles. The second-order valence-corrected chi connectivity index (χ2v) is 4.76. The molecule has 0 aliphatic rings. The van der Waals surface area contributed by atoms with Crippen molar-refractivity contribution >= 4 is 5.78 Å². The first kappa shape index (κ1) is 17.2. The molecule has 2 aromatic rings. The second kappa shape index (κ2) is 7.88. The topological polar surface area (TPSA) is 77.8 Å². The molecule has 0 aromatic heterocycles. The summed E-state index contributed by atoms with van der Waals surface area (Å²) in [5.41, 5.74) is 0.894. The highest BCUT2D eigenvalue weighted by Crippen LogP contribution is 2.29. The minimum atomic E-state index is -0.220. The van der Waals surface area contributed by atoms with Gasteiger partial charge in [-0.05, 0) is 30.3 Å². The van der Waals surface area contributed by atoms with Crippen LogP contribution in [0.5, 0.6) is 23.0 Å². The number of Topliss-reactive ketones (excluding diaryl/α,β-unsaturated/α-hetero) is 1. The van der Waals surface area contributed by atoms with E-state index in [9.17, 15) is 4.79 Å². The van der Waals surface area contributed by atoms with Gasteiger partial charge in [0.05, 0.1) is 33.0 Å². The van der Waals surface area contributed by atoms with Gasteiger partial charge in [0.1, 0.15) is 0 Å². The standard InChI is InChI=1S/C18H17NO5/c1-21-15-7-5-13(9-18(15)23-3)14(20)11-24-16-6-4-12(10-19)8-17(16)22-2/h4-9H,11H2,1-3H3. The number of hydrogen-bond donors (Lipinski definition) is 0. The number of hydrogen-bond acceptors (Lipinski definition) is 6. The summed E-state index contributed by atoms with van der Waals surface area (Å²) in [6.07, 6.45) is 0. The molecule has 0 bridgehead atoms. The number of methoxy groups -OCH3 is 3. The SMILES string of the molecule is COc1ccc(C(=O)COc2ccc(C#N)cc2OC)cc1OC. The number of nitrogens with zero attached hydrogens (tertiary/aromatic N) is 1. The third-order valence-electron chi connectivity index (χ3n) is 3.36. The number of carbonyl (C=O) groups excluding carboxylic acids is 1. The molecular formula is C18H17NO5. The van der Waals surface area contributed by atoms with Gasteiger partial charge in [-0.15, -0.1) is 0 Å². The van der Waals surface area contributed by atoms with Crippen molar-refractivity contribution in [3.05, 3.63) is 47.5 Å². The van der Waals surface area contributed by atoms with Crippen LogP contribution in [0.1, 0.15) is 15.9 Å². The molecule has 0 spiro atoms. The van der Waals surface area contributed by atoms with Crippen LogP contribution in [0.15, 0.2) is 36.4 Å². The highest BCUT2D eigenvalue weighted by atomic mass is 16.5. The molecule has 0 unspecified atom stereocenters. The van der Waals surface area contributed by atoms with Crippen LogP contribution in [-0.2, 0) is 0 Å². The van der Waals surface area contributed by atoms with Crippen molar-refractivity contribution in [2.45, 2.75) is 0 Å². The lowest BCUT2D eigenvalue weighted by molar-refractivity contribution is 0.0919. The molecule has 24 heavy (non-hydrogen) atoms. The van der Waals surface area contributed by atoms with Crippen molar-refractivity contribution in [3.63, 3.8) is 0 Å². The number of carbonyl (C=O) groups is 1. The molecule has 0 N–H and O–H groups in total.